The molecule has 0 aliphatic carbocycles. The number of fused-ring (bicyclic) bond motifs is 1. The Labute approximate surface area is 200 Å². The molecule has 2 aliphatic heterocycles. The smallest absolute Gasteiger partial charge is 0.392 e. The number of β-amino-alcohol motifs (C(OH)–C–C–N with tert-alkyl or cyclic N) is 1. The number of likely N-dealkylation sites (tertiary alicyclic amines) is 1. The molecule has 2 aliphatic rings. The molecule has 4 rings (SSSR count). The first-order chi connectivity index (χ1) is 16.1. The van der Waals surface area contributed by atoms with Gasteiger partial charge in [-0.3, -0.25) is 14.5 Å². The first-order valence-corrected chi connectivity index (χ1v) is 12.0. The summed E-state index contributed by atoms with van der Waals surface area (Å²) in [4.78, 5) is 29.3. The number of aliphatic hydroxyl groups excluding tert-OH is 1. The molecule has 0 saturated carbocycles. The average molecular weight is 494 g/mol. The van der Waals surface area contributed by atoms with Crippen LogP contribution in [0.5, 0.6) is 0 Å². The summed E-state index contributed by atoms with van der Waals surface area (Å²) in [5.74, 6) is -0.00914. The van der Waals surface area contributed by atoms with E-state index >= 15 is 0 Å². The highest BCUT2D eigenvalue weighted by atomic mass is 32.2. The molecule has 6 nitrogen and oxygen atoms in total. The maximum atomic E-state index is 13.3. The van der Waals surface area contributed by atoms with Gasteiger partial charge in [-0.1, -0.05) is 18.2 Å². The minimum atomic E-state index is -4.49. The molecule has 0 spiro atoms. The van der Waals surface area contributed by atoms with Crippen LogP contribution in [0.25, 0.3) is 0 Å². The van der Waals surface area contributed by atoms with Crippen molar-refractivity contribution in [3.8, 4) is 0 Å². The zero-order valence-electron chi connectivity index (χ0n) is 18.6. The zero-order chi connectivity index (χ0) is 24.5. The van der Waals surface area contributed by atoms with Gasteiger partial charge in [-0.25, -0.2) is 0 Å². The van der Waals surface area contributed by atoms with Gasteiger partial charge in [0.2, 0.25) is 11.8 Å². The molecule has 2 amide bonds. The van der Waals surface area contributed by atoms with Gasteiger partial charge in [0.25, 0.3) is 0 Å². The molecule has 1 fully saturated rings. The van der Waals surface area contributed by atoms with E-state index in [1.807, 2.05) is 17.0 Å². The summed E-state index contributed by atoms with van der Waals surface area (Å²) in [6.45, 7) is 1.35. The lowest BCUT2D eigenvalue weighted by molar-refractivity contribution is -0.137. The van der Waals surface area contributed by atoms with E-state index in [0.29, 0.717) is 48.6 Å². The Balaban J connectivity index is 1.56. The lowest BCUT2D eigenvalue weighted by atomic mass is 10.0. The molecule has 10 heteroatoms. The Kier molecular flexibility index (Phi) is 7.20. The molecular formula is C24H26F3N3O3S. The third-order valence-electron chi connectivity index (χ3n) is 6.17. The Morgan fingerprint density at radius 1 is 1.29 bits per heavy atom. The van der Waals surface area contributed by atoms with Gasteiger partial charge in [-0.15, -0.1) is 11.8 Å². The predicted molar refractivity (Wildman–Crippen MR) is 124 cm³/mol. The van der Waals surface area contributed by atoms with E-state index in [1.165, 1.54) is 22.7 Å². The third-order valence-corrected chi connectivity index (χ3v) is 7.24. The number of hydrogen-bond donors (Lipinski definition) is 2. The maximum absolute atomic E-state index is 13.3. The minimum Gasteiger partial charge on any atom is -0.392 e. The maximum Gasteiger partial charge on any atom is 0.416 e. The molecule has 2 atom stereocenters. The Bertz CT molecular complexity index is 1080. The van der Waals surface area contributed by atoms with Crippen LogP contribution in [0.4, 0.5) is 18.9 Å². The summed E-state index contributed by atoms with van der Waals surface area (Å²) in [5.41, 5.74) is 0.994. The van der Waals surface area contributed by atoms with Gasteiger partial charge < -0.3 is 15.3 Å². The number of thioether (sulfide) groups is 1. The molecule has 0 unspecified atom stereocenters. The number of rotatable bonds is 6. The van der Waals surface area contributed by atoms with Crippen molar-refractivity contribution in [2.24, 2.45) is 0 Å². The van der Waals surface area contributed by atoms with Crippen LogP contribution in [0.2, 0.25) is 0 Å². The number of benzene rings is 2. The molecule has 2 heterocycles. The lowest BCUT2D eigenvalue weighted by Crippen LogP contribution is -2.39. The van der Waals surface area contributed by atoms with E-state index in [-0.39, 0.29) is 18.2 Å². The highest BCUT2D eigenvalue weighted by Gasteiger charge is 2.33. The molecule has 2 N–H and O–H groups in total. The van der Waals surface area contributed by atoms with Gasteiger partial charge in [-0.05, 0) is 41.8 Å². The molecule has 0 radical (unpaired) electrons. The quantitative estimate of drug-likeness (QED) is 0.644. The topological polar surface area (TPSA) is 72.9 Å². The second kappa shape index (κ2) is 9.97. The standard InChI is InChI=1S/C24H26F3N3O3S/c1-29(23(33)10-15-5-6-21-19(9-15)28-22(32)14-34-21)20(13-30-8-7-18(31)12-30)16-3-2-4-17(11-16)24(25,26)27/h2-6,9,11,18,20,31H,7-8,10,12-14H2,1H3,(H,28,32)/t18-,20+/m0/s1. The number of halogens is 3. The first kappa shape index (κ1) is 24.6. The fourth-order valence-corrected chi connectivity index (χ4v) is 5.10. The van der Waals surface area contributed by atoms with Gasteiger partial charge in [0.1, 0.15) is 0 Å². The monoisotopic (exact) mass is 493 g/mol. The molecule has 182 valence electrons. The fraction of sp³-hybridized carbons (Fsp3) is 0.417. The van der Waals surface area contributed by atoms with Gasteiger partial charge in [0, 0.05) is 31.6 Å². The number of amides is 2. The lowest BCUT2D eigenvalue weighted by Gasteiger charge is -2.32. The van der Waals surface area contributed by atoms with Crippen LogP contribution in [0, 0.1) is 0 Å². The van der Waals surface area contributed by atoms with Gasteiger partial charge >= 0.3 is 6.18 Å². The summed E-state index contributed by atoms with van der Waals surface area (Å²) in [6.07, 6.45) is -4.33. The van der Waals surface area contributed by atoms with Gasteiger partial charge in [0.15, 0.2) is 0 Å². The van der Waals surface area contributed by atoms with Crippen molar-refractivity contribution in [1.82, 2.24) is 9.80 Å². The summed E-state index contributed by atoms with van der Waals surface area (Å²) in [5, 5.41) is 12.7. The van der Waals surface area contributed by atoms with Crippen molar-refractivity contribution < 1.29 is 27.9 Å². The number of alkyl halides is 3. The number of nitrogens with zero attached hydrogens (tertiary/aromatic N) is 2. The minimum absolute atomic E-state index is 0.0441. The summed E-state index contributed by atoms with van der Waals surface area (Å²) < 4.78 is 40.0. The van der Waals surface area contributed by atoms with E-state index in [1.54, 1.807) is 19.2 Å². The van der Waals surface area contributed by atoms with Crippen molar-refractivity contribution in [2.45, 2.75) is 36.1 Å². The number of hydrogen-bond acceptors (Lipinski definition) is 5. The average Bonchev–Trinajstić information content (AvgIpc) is 3.21. The van der Waals surface area contributed by atoms with Crippen molar-refractivity contribution in [1.29, 1.82) is 0 Å². The molecule has 1 saturated heterocycles. The second-order valence-corrected chi connectivity index (χ2v) is 9.71. The van der Waals surface area contributed by atoms with Crippen LogP contribution in [0.1, 0.15) is 29.2 Å². The second-order valence-electron chi connectivity index (χ2n) is 8.69. The molecule has 34 heavy (non-hydrogen) atoms. The molecule has 2 aromatic carbocycles. The van der Waals surface area contributed by atoms with Crippen LogP contribution in [0.15, 0.2) is 47.4 Å². The summed E-state index contributed by atoms with van der Waals surface area (Å²) >= 11 is 1.43. The van der Waals surface area contributed by atoms with Crippen LogP contribution in [-0.2, 0) is 22.2 Å². The summed E-state index contributed by atoms with van der Waals surface area (Å²) in [6, 6.07) is 9.89. The van der Waals surface area contributed by atoms with E-state index in [9.17, 15) is 27.9 Å². The van der Waals surface area contributed by atoms with Gasteiger partial charge in [0.05, 0.1) is 35.6 Å². The highest BCUT2D eigenvalue weighted by Crippen LogP contribution is 2.34. The Morgan fingerprint density at radius 2 is 2.09 bits per heavy atom. The summed E-state index contributed by atoms with van der Waals surface area (Å²) in [7, 11) is 1.59. The number of carbonyl (C=O) groups is 2. The molecule has 0 bridgehead atoms. The number of likely N-dealkylation sites (N-methyl/N-ethyl adjacent to an activating group) is 1. The predicted octanol–water partition coefficient (Wildman–Crippen LogP) is 3.56. The van der Waals surface area contributed by atoms with E-state index in [4.69, 9.17) is 0 Å². The van der Waals surface area contributed by atoms with Gasteiger partial charge in [-0.2, -0.15) is 13.2 Å². The molecular weight excluding hydrogens is 467 g/mol. The fourth-order valence-electron chi connectivity index (χ4n) is 4.31. The highest BCUT2D eigenvalue weighted by molar-refractivity contribution is 8.00. The van der Waals surface area contributed by atoms with Crippen LogP contribution < -0.4 is 5.32 Å². The Hall–Kier alpha value is -2.56. The number of carbonyl (C=O) groups excluding carboxylic acids is 2. The van der Waals surface area contributed by atoms with Crippen molar-refractivity contribution in [3.05, 3.63) is 59.2 Å². The molecule has 0 aromatic heterocycles. The van der Waals surface area contributed by atoms with Crippen molar-refractivity contribution in [2.75, 3.05) is 37.8 Å². The van der Waals surface area contributed by atoms with Crippen LogP contribution in [0.3, 0.4) is 0 Å². The zero-order valence-corrected chi connectivity index (χ0v) is 19.5. The van der Waals surface area contributed by atoms with E-state index in [2.05, 4.69) is 5.32 Å². The number of aliphatic hydroxyl groups is 1. The van der Waals surface area contributed by atoms with E-state index < -0.39 is 23.9 Å². The Morgan fingerprint density at radius 3 is 2.79 bits per heavy atom. The van der Waals surface area contributed by atoms with Crippen molar-refractivity contribution in [3.63, 3.8) is 0 Å². The SMILES string of the molecule is CN(C(=O)Cc1ccc2c(c1)NC(=O)CS2)[C@H](CN1CC[C@H](O)C1)c1cccc(C(F)(F)F)c1. The van der Waals surface area contributed by atoms with Crippen LogP contribution in [-0.4, -0.2) is 65.3 Å². The normalized spacial score (nSPS) is 19.4. The number of anilines is 1. The third kappa shape index (κ3) is 5.73. The number of nitrogens with one attached hydrogen (secondary N) is 1. The van der Waals surface area contributed by atoms with Crippen molar-refractivity contribution >= 4 is 29.3 Å². The van der Waals surface area contributed by atoms with Crippen LogP contribution >= 0.6 is 11.8 Å². The molecule has 2 aromatic rings. The largest absolute Gasteiger partial charge is 0.416 e. The first-order valence-electron chi connectivity index (χ1n) is 11.0. The van der Waals surface area contributed by atoms with E-state index in [0.717, 1.165) is 17.0 Å².